The number of hydrogen-bond acceptors (Lipinski definition) is 3. The third-order valence-electron chi connectivity index (χ3n) is 4.00. The third-order valence-corrected chi connectivity index (χ3v) is 4.49. The first kappa shape index (κ1) is 15.3. The predicted octanol–water partition coefficient (Wildman–Crippen LogP) is 2.51. The summed E-state index contributed by atoms with van der Waals surface area (Å²) in [5, 5.41) is 3.56. The van der Waals surface area contributed by atoms with Crippen LogP contribution in [0.2, 0.25) is 0 Å². The molecule has 1 heterocycles. The molecule has 3 N–H and O–H groups in total. The van der Waals surface area contributed by atoms with Gasteiger partial charge >= 0.3 is 0 Å². The molecular formula is C15H22BrN3O. The van der Waals surface area contributed by atoms with Gasteiger partial charge in [-0.1, -0.05) is 29.8 Å². The lowest BCUT2D eigenvalue weighted by Crippen LogP contribution is -2.56. The van der Waals surface area contributed by atoms with Crippen LogP contribution in [0.25, 0.3) is 0 Å². The average molecular weight is 340 g/mol. The zero-order valence-electron chi connectivity index (χ0n) is 12.0. The molecule has 4 nitrogen and oxygen atoms in total. The smallest absolute Gasteiger partial charge is 0.250 e. The summed E-state index contributed by atoms with van der Waals surface area (Å²) in [5.41, 5.74) is 7.07. The Kier molecular flexibility index (Phi) is 5.05. The lowest BCUT2D eigenvalue weighted by Gasteiger charge is -2.42. The molecule has 1 aromatic rings. The zero-order valence-corrected chi connectivity index (χ0v) is 13.6. The van der Waals surface area contributed by atoms with Crippen LogP contribution in [0.4, 0.5) is 5.69 Å². The van der Waals surface area contributed by atoms with E-state index in [-0.39, 0.29) is 5.91 Å². The second kappa shape index (κ2) is 6.59. The Morgan fingerprint density at radius 3 is 2.80 bits per heavy atom. The molecule has 0 saturated carbocycles. The molecule has 110 valence electrons. The van der Waals surface area contributed by atoms with E-state index in [0.717, 1.165) is 36.1 Å². The van der Waals surface area contributed by atoms with Crippen LogP contribution in [-0.4, -0.2) is 31.1 Å². The number of carbonyl (C=O) groups is 1. The van der Waals surface area contributed by atoms with Crippen molar-refractivity contribution in [3.05, 3.63) is 28.2 Å². The number of rotatable bonds is 4. The van der Waals surface area contributed by atoms with E-state index in [0.29, 0.717) is 17.6 Å². The number of piperazine rings is 1. The number of nitrogens with one attached hydrogen (secondary N) is 1. The molecular weight excluding hydrogens is 318 g/mol. The Bertz CT molecular complexity index is 492. The molecule has 2 unspecified atom stereocenters. The van der Waals surface area contributed by atoms with Gasteiger partial charge in [0.15, 0.2) is 0 Å². The van der Waals surface area contributed by atoms with Crippen molar-refractivity contribution in [3.8, 4) is 0 Å². The molecule has 1 fully saturated rings. The van der Waals surface area contributed by atoms with Crippen molar-refractivity contribution in [1.29, 1.82) is 0 Å². The topological polar surface area (TPSA) is 58.4 Å². The van der Waals surface area contributed by atoms with Crippen LogP contribution in [0.5, 0.6) is 0 Å². The van der Waals surface area contributed by atoms with E-state index in [1.807, 2.05) is 12.1 Å². The lowest BCUT2D eigenvalue weighted by atomic mass is 10.0. The Morgan fingerprint density at radius 2 is 2.20 bits per heavy atom. The highest BCUT2D eigenvalue weighted by Gasteiger charge is 2.28. The molecule has 1 aromatic carbocycles. The molecule has 0 bridgehead atoms. The van der Waals surface area contributed by atoms with Crippen molar-refractivity contribution in [1.82, 2.24) is 5.32 Å². The number of nitrogens with zero attached hydrogens (tertiary/aromatic N) is 1. The van der Waals surface area contributed by atoms with Crippen molar-refractivity contribution in [2.24, 2.45) is 5.73 Å². The first-order valence-electron chi connectivity index (χ1n) is 7.16. The van der Waals surface area contributed by atoms with Gasteiger partial charge in [0.2, 0.25) is 0 Å². The molecule has 1 aliphatic heterocycles. The number of halogens is 1. The maximum absolute atomic E-state index is 11.7. The summed E-state index contributed by atoms with van der Waals surface area (Å²) in [6.07, 6.45) is 2.11. The Morgan fingerprint density at radius 1 is 1.45 bits per heavy atom. The standard InChI is InChI=1S/C15H22BrN3O/c1-3-11-9-19(12(4-2)8-18-11)14-7-10(16)5-6-13(14)15(17)20/h5-7,11-12,18H,3-4,8-9H2,1-2H3,(H2,17,20). The zero-order chi connectivity index (χ0) is 14.7. The van der Waals surface area contributed by atoms with Crippen molar-refractivity contribution < 1.29 is 4.79 Å². The largest absolute Gasteiger partial charge is 0.366 e. The van der Waals surface area contributed by atoms with Gasteiger partial charge < -0.3 is 16.0 Å². The van der Waals surface area contributed by atoms with Crippen LogP contribution in [-0.2, 0) is 0 Å². The second-order valence-electron chi connectivity index (χ2n) is 5.25. The fourth-order valence-electron chi connectivity index (χ4n) is 2.75. The van der Waals surface area contributed by atoms with E-state index in [2.05, 4.69) is 40.0 Å². The Balaban J connectivity index is 2.40. The summed E-state index contributed by atoms with van der Waals surface area (Å²) in [6, 6.07) is 6.52. The number of hydrogen-bond donors (Lipinski definition) is 2. The summed E-state index contributed by atoms with van der Waals surface area (Å²) < 4.78 is 0.971. The molecule has 1 amide bonds. The van der Waals surface area contributed by atoms with Gasteiger partial charge in [-0.05, 0) is 31.0 Å². The van der Waals surface area contributed by atoms with Gasteiger partial charge in [-0.15, -0.1) is 0 Å². The second-order valence-corrected chi connectivity index (χ2v) is 6.17. The molecule has 2 rings (SSSR count). The van der Waals surface area contributed by atoms with E-state index in [9.17, 15) is 4.79 Å². The maximum Gasteiger partial charge on any atom is 0.250 e. The predicted molar refractivity (Wildman–Crippen MR) is 86.2 cm³/mol. The monoisotopic (exact) mass is 339 g/mol. The number of anilines is 1. The highest BCUT2D eigenvalue weighted by Crippen LogP contribution is 2.29. The molecule has 1 aliphatic rings. The molecule has 1 saturated heterocycles. The van der Waals surface area contributed by atoms with Crippen LogP contribution >= 0.6 is 15.9 Å². The van der Waals surface area contributed by atoms with E-state index in [1.165, 1.54) is 0 Å². The van der Waals surface area contributed by atoms with E-state index in [4.69, 9.17) is 5.73 Å². The number of amides is 1. The van der Waals surface area contributed by atoms with Crippen molar-refractivity contribution >= 4 is 27.5 Å². The normalized spacial score (nSPS) is 22.9. The first-order chi connectivity index (χ1) is 9.56. The average Bonchev–Trinajstić information content (AvgIpc) is 2.46. The van der Waals surface area contributed by atoms with Gasteiger partial charge in [-0.25, -0.2) is 0 Å². The summed E-state index contributed by atoms with van der Waals surface area (Å²) in [7, 11) is 0. The van der Waals surface area contributed by atoms with Gasteiger partial charge in [-0.2, -0.15) is 0 Å². The SMILES string of the molecule is CCC1CN(c2cc(Br)ccc2C(N)=O)C(CC)CN1. The molecule has 0 aliphatic carbocycles. The van der Waals surface area contributed by atoms with Crippen LogP contribution < -0.4 is 16.0 Å². The van der Waals surface area contributed by atoms with Crippen LogP contribution in [0.15, 0.2) is 22.7 Å². The Labute approximate surface area is 128 Å². The van der Waals surface area contributed by atoms with Crippen LogP contribution in [0.1, 0.15) is 37.0 Å². The summed E-state index contributed by atoms with van der Waals surface area (Å²) >= 11 is 3.49. The highest BCUT2D eigenvalue weighted by atomic mass is 79.9. The molecule has 5 heteroatoms. The molecule has 0 radical (unpaired) electrons. The van der Waals surface area contributed by atoms with Crippen LogP contribution in [0, 0.1) is 0 Å². The van der Waals surface area contributed by atoms with E-state index in [1.54, 1.807) is 6.07 Å². The quantitative estimate of drug-likeness (QED) is 0.886. The minimum Gasteiger partial charge on any atom is -0.366 e. The third kappa shape index (κ3) is 3.15. The van der Waals surface area contributed by atoms with Gasteiger partial charge in [0.25, 0.3) is 5.91 Å². The van der Waals surface area contributed by atoms with Gasteiger partial charge in [0.1, 0.15) is 0 Å². The number of benzene rings is 1. The van der Waals surface area contributed by atoms with Crippen LogP contribution in [0.3, 0.4) is 0 Å². The minimum atomic E-state index is -0.367. The molecule has 20 heavy (non-hydrogen) atoms. The highest BCUT2D eigenvalue weighted by molar-refractivity contribution is 9.10. The number of carbonyl (C=O) groups excluding carboxylic acids is 1. The lowest BCUT2D eigenvalue weighted by molar-refractivity contribution is 0.100. The van der Waals surface area contributed by atoms with Gasteiger partial charge in [0, 0.05) is 29.6 Å². The Hall–Kier alpha value is -1.07. The summed E-state index contributed by atoms with van der Waals surface area (Å²) in [6.45, 7) is 6.21. The van der Waals surface area contributed by atoms with Gasteiger partial charge in [-0.3, -0.25) is 4.79 Å². The fraction of sp³-hybridized carbons (Fsp3) is 0.533. The van der Waals surface area contributed by atoms with Crippen molar-refractivity contribution in [3.63, 3.8) is 0 Å². The van der Waals surface area contributed by atoms with E-state index >= 15 is 0 Å². The molecule has 2 atom stereocenters. The van der Waals surface area contributed by atoms with E-state index < -0.39 is 0 Å². The fourth-order valence-corrected chi connectivity index (χ4v) is 3.10. The van der Waals surface area contributed by atoms with Crippen molar-refractivity contribution in [2.75, 3.05) is 18.0 Å². The minimum absolute atomic E-state index is 0.367. The molecule has 0 aromatic heterocycles. The maximum atomic E-state index is 11.7. The number of nitrogens with two attached hydrogens (primary N) is 1. The van der Waals surface area contributed by atoms with Crippen molar-refractivity contribution in [2.45, 2.75) is 38.8 Å². The summed E-state index contributed by atoms with van der Waals surface area (Å²) in [5.74, 6) is -0.367. The summed E-state index contributed by atoms with van der Waals surface area (Å²) in [4.78, 5) is 14.0. The number of primary amides is 1. The molecule has 0 spiro atoms. The van der Waals surface area contributed by atoms with Gasteiger partial charge in [0.05, 0.1) is 11.3 Å². The first-order valence-corrected chi connectivity index (χ1v) is 7.95.